The molecule has 1 nitrogen and oxygen atoms in total. The summed E-state index contributed by atoms with van der Waals surface area (Å²) in [6, 6.07) is 11.5. The third kappa shape index (κ3) is 3.37. The zero-order chi connectivity index (χ0) is 13.0. The fourth-order valence-corrected chi connectivity index (χ4v) is 2.85. The number of terminal acetylenes is 1. The minimum Gasteiger partial charge on any atom is -0.299 e. The Morgan fingerprint density at radius 1 is 1.11 bits per heavy atom. The maximum Gasteiger partial charge on any atom is 0.0743 e. The summed E-state index contributed by atoms with van der Waals surface area (Å²) in [7, 11) is 0. The monoisotopic (exact) mass is 241 g/mol. The molecule has 0 aliphatic heterocycles. The van der Waals surface area contributed by atoms with Crippen molar-refractivity contribution in [3.63, 3.8) is 0 Å². The number of rotatable bonds is 3. The number of hydrogen-bond acceptors (Lipinski definition) is 1. The van der Waals surface area contributed by atoms with Crippen molar-refractivity contribution in [3.8, 4) is 12.3 Å². The Labute approximate surface area is 111 Å². The van der Waals surface area contributed by atoms with Crippen molar-refractivity contribution < 1.29 is 0 Å². The van der Waals surface area contributed by atoms with Crippen LogP contribution in [0.15, 0.2) is 30.3 Å². The lowest BCUT2D eigenvalue weighted by atomic mass is 9.81. The largest absolute Gasteiger partial charge is 0.299 e. The standard InChI is InChI=1S/C17H23N/c1-4-17(2,3)18-16-12-10-15(11-13-16)14-8-6-5-7-9-14/h1,5-9,15-16,18H,10-13H2,2-3H3. The first kappa shape index (κ1) is 13.2. The summed E-state index contributed by atoms with van der Waals surface area (Å²) in [5.41, 5.74) is 1.32. The highest BCUT2D eigenvalue weighted by Crippen LogP contribution is 2.33. The molecule has 0 spiro atoms. The van der Waals surface area contributed by atoms with Gasteiger partial charge in [-0.25, -0.2) is 0 Å². The highest BCUT2D eigenvalue weighted by Gasteiger charge is 2.25. The number of hydrogen-bond donors (Lipinski definition) is 1. The van der Waals surface area contributed by atoms with Crippen molar-refractivity contribution in [1.29, 1.82) is 0 Å². The first-order valence-electron chi connectivity index (χ1n) is 6.91. The second-order valence-corrected chi connectivity index (χ2v) is 5.87. The zero-order valence-corrected chi connectivity index (χ0v) is 11.4. The molecule has 1 fully saturated rings. The average molecular weight is 241 g/mol. The van der Waals surface area contributed by atoms with Gasteiger partial charge in [-0.15, -0.1) is 6.42 Å². The Morgan fingerprint density at radius 2 is 1.72 bits per heavy atom. The molecule has 0 atom stereocenters. The smallest absolute Gasteiger partial charge is 0.0743 e. The van der Waals surface area contributed by atoms with Gasteiger partial charge in [-0.05, 0) is 51.0 Å². The lowest BCUT2D eigenvalue weighted by Crippen LogP contribution is -2.46. The molecule has 1 N–H and O–H groups in total. The van der Waals surface area contributed by atoms with Crippen molar-refractivity contribution in [2.45, 2.75) is 57.0 Å². The molecular formula is C17H23N. The summed E-state index contributed by atoms with van der Waals surface area (Å²) in [5.74, 6) is 3.55. The van der Waals surface area contributed by atoms with E-state index in [2.05, 4.69) is 55.4 Å². The minimum atomic E-state index is -0.176. The van der Waals surface area contributed by atoms with E-state index in [-0.39, 0.29) is 5.54 Å². The molecule has 96 valence electrons. The Balaban J connectivity index is 1.88. The van der Waals surface area contributed by atoms with Gasteiger partial charge >= 0.3 is 0 Å². The second kappa shape index (κ2) is 5.59. The van der Waals surface area contributed by atoms with E-state index in [0.29, 0.717) is 6.04 Å². The normalized spacial score (nSPS) is 24.5. The van der Waals surface area contributed by atoms with Crippen LogP contribution in [0.4, 0.5) is 0 Å². The van der Waals surface area contributed by atoms with Crippen LogP contribution >= 0.6 is 0 Å². The molecule has 1 aliphatic rings. The van der Waals surface area contributed by atoms with E-state index in [4.69, 9.17) is 6.42 Å². The van der Waals surface area contributed by atoms with Gasteiger partial charge < -0.3 is 0 Å². The third-order valence-electron chi connectivity index (χ3n) is 3.92. The predicted octanol–water partition coefficient (Wildman–Crippen LogP) is 3.71. The van der Waals surface area contributed by atoms with Crippen LogP contribution in [0.3, 0.4) is 0 Å². The van der Waals surface area contributed by atoms with Gasteiger partial charge in [-0.3, -0.25) is 5.32 Å². The molecule has 0 saturated heterocycles. The van der Waals surface area contributed by atoms with Gasteiger partial charge in [-0.2, -0.15) is 0 Å². The average Bonchev–Trinajstić information content (AvgIpc) is 2.40. The van der Waals surface area contributed by atoms with E-state index in [9.17, 15) is 0 Å². The quantitative estimate of drug-likeness (QED) is 0.795. The van der Waals surface area contributed by atoms with E-state index >= 15 is 0 Å². The molecule has 0 unspecified atom stereocenters. The lowest BCUT2D eigenvalue weighted by Gasteiger charge is -2.33. The number of benzene rings is 1. The van der Waals surface area contributed by atoms with Crippen LogP contribution in [0.1, 0.15) is 51.0 Å². The first-order valence-corrected chi connectivity index (χ1v) is 6.91. The van der Waals surface area contributed by atoms with E-state index in [1.165, 1.54) is 31.2 Å². The van der Waals surface area contributed by atoms with Crippen molar-refractivity contribution in [3.05, 3.63) is 35.9 Å². The van der Waals surface area contributed by atoms with Gasteiger partial charge in [0.15, 0.2) is 0 Å². The Hall–Kier alpha value is -1.26. The third-order valence-corrected chi connectivity index (χ3v) is 3.92. The Bertz CT molecular complexity index is 405. The number of nitrogens with one attached hydrogen (secondary N) is 1. The molecule has 0 amide bonds. The maximum absolute atomic E-state index is 5.53. The molecule has 1 aromatic carbocycles. The summed E-state index contributed by atoms with van der Waals surface area (Å²) in [5, 5.41) is 3.58. The zero-order valence-electron chi connectivity index (χ0n) is 11.4. The van der Waals surface area contributed by atoms with E-state index in [0.717, 1.165) is 5.92 Å². The van der Waals surface area contributed by atoms with Crippen molar-refractivity contribution >= 4 is 0 Å². The molecule has 0 aromatic heterocycles. The van der Waals surface area contributed by atoms with Gasteiger partial charge in [0, 0.05) is 6.04 Å². The van der Waals surface area contributed by atoms with Crippen molar-refractivity contribution in [2.24, 2.45) is 0 Å². The highest BCUT2D eigenvalue weighted by molar-refractivity contribution is 5.20. The molecule has 18 heavy (non-hydrogen) atoms. The Kier molecular flexibility index (Phi) is 4.09. The topological polar surface area (TPSA) is 12.0 Å². The lowest BCUT2D eigenvalue weighted by molar-refractivity contribution is 0.301. The second-order valence-electron chi connectivity index (χ2n) is 5.87. The van der Waals surface area contributed by atoms with Crippen LogP contribution in [-0.4, -0.2) is 11.6 Å². The van der Waals surface area contributed by atoms with Gasteiger partial charge in [0.1, 0.15) is 0 Å². The molecule has 2 rings (SSSR count). The van der Waals surface area contributed by atoms with Crippen LogP contribution in [0, 0.1) is 12.3 Å². The molecule has 0 heterocycles. The molecular weight excluding hydrogens is 218 g/mol. The minimum absolute atomic E-state index is 0.176. The van der Waals surface area contributed by atoms with E-state index < -0.39 is 0 Å². The fourth-order valence-electron chi connectivity index (χ4n) is 2.85. The van der Waals surface area contributed by atoms with E-state index in [1.54, 1.807) is 0 Å². The molecule has 0 radical (unpaired) electrons. The molecule has 1 aliphatic carbocycles. The highest BCUT2D eigenvalue weighted by atomic mass is 15.0. The van der Waals surface area contributed by atoms with Gasteiger partial charge in [0.25, 0.3) is 0 Å². The fraction of sp³-hybridized carbons (Fsp3) is 0.529. The van der Waals surface area contributed by atoms with E-state index in [1.807, 2.05) is 0 Å². The Morgan fingerprint density at radius 3 is 2.28 bits per heavy atom. The summed E-state index contributed by atoms with van der Waals surface area (Å²) < 4.78 is 0. The summed E-state index contributed by atoms with van der Waals surface area (Å²) in [6.45, 7) is 4.16. The summed E-state index contributed by atoms with van der Waals surface area (Å²) in [6.07, 6.45) is 10.5. The van der Waals surface area contributed by atoms with Crippen LogP contribution < -0.4 is 5.32 Å². The maximum atomic E-state index is 5.53. The van der Waals surface area contributed by atoms with Gasteiger partial charge in [-0.1, -0.05) is 36.3 Å². The molecule has 1 heteroatoms. The van der Waals surface area contributed by atoms with Crippen LogP contribution in [0.5, 0.6) is 0 Å². The SMILES string of the molecule is C#CC(C)(C)NC1CCC(c2ccccc2)CC1. The summed E-state index contributed by atoms with van der Waals surface area (Å²) in [4.78, 5) is 0. The predicted molar refractivity (Wildman–Crippen MR) is 77.5 cm³/mol. The molecule has 1 aromatic rings. The first-order chi connectivity index (χ1) is 8.61. The molecule has 0 bridgehead atoms. The van der Waals surface area contributed by atoms with Gasteiger partial charge in [0.2, 0.25) is 0 Å². The van der Waals surface area contributed by atoms with Crippen LogP contribution in [0.2, 0.25) is 0 Å². The van der Waals surface area contributed by atoms with Gasteiger partial charge in [0.05, 0.1) is 5.54 Å². The molecule has 1 saturated carbocycles. The summed E-state index contributed by atoms with van der Waals surface area (Å²) >= 11 is 0. The van der Waals surface area contributed by atoms with Crippen LogP contribution in [-0.2, 0) is 0 Å². The van der Waals surface area contributed by atoms with Crippen molar-refractivity contribution in [1.82, 2.24) is 5.32 Å². The van der Waals surface area contributed by atoms with Crippen molar-refractivity contribution in [2.75, 3.05) is 0 Å². The van der Waals surface area contributed by atoms with Crippen LogP contribution in [0.25, 0.3) is 0 Å².